The van der Waals surface area contributed by atoms with E-state index in [1.165, 1.54) is 6.21 Å². The zero-order chi connectivity index (χ0) is 10.7. The van der Waals surface area contributed by atoms with Crippen molar-refractivity contribution in [1.82, 2.24) is 0 Å². The predicted molar refractivity (Wildman–Crippen MR) is 58.5 cm³/mol. The molecule has 76 valence electrons. The molecule has 0 saturated heterocycles. The number of ketones is 1. The summed E-state index contributed by atoms with van der Waals surface area (Å²) in [6.07, 6.45) is 2.27. The molecule has 15 heavy (non-hydrogen) atoms. The Morgan fingerprint density at radius 3 is 2.53 bits per heavy atom. The van der Waals surface area contributed by atoms with Gasteiger partial charge in [-0.2, -0.15) is 0 Å². The molecule has 2 rings (SSSR count). The number of carbonyl (C=O) groups is 1. The Kier molecular flexibility index (Phi) is 2.63. The number of rotatable bonds is 2. The SMILES string of the molecule is O=C1CCC(O)=C1C=Nc1ccccc1. The van der Waals surface area contributed by atoms with Gasteiger partial charge in [0.15, 0.2) is 5.78 Å². The first kappa shape index (κ1) is 9.65. The minimum Gasteiger partial charge on any atom is -0.511 e. The number of hydrogen-bond donors (Lipinski definition) is 1. The molecule has 3 nitrogen and oxygen atoms in total. The standard InChI is InChI=1S/C12H11NO2/c14-11-6-7-12(15)10(11)8-13-9-4-2-1-3-5-9/h1-5,8,14H,6-7H2. The molecule has 1 aliphatic rings. The van der Waals surface area contributed by atoms with Crippen molar-refractivity contribution in [3.8, 4) is 0 Å². The summed E-state index contributed by atoms with van der Waals surface area (Å²) in [5, 5.41) is 9.40. The van der Waals surface area contributed by atoms with E-state index in [1.54, 1.807) is 0 Å². The fourth-order valence-corrected chi connectivity index (χ4v) is 1.46. The third kappa shape index (κ3) is 2.13. The number of aliphatic imine (C=N–C) groups is 1. The van der Waals surface area contributed by atoms with Gasteiger partial charge >= 0.3 is 0 Å². The number of nitrogens with zero attached hydrogens (tertiary/aromatic N) is 1. The normalized spacial score (nSPS) is 16.7. The number of benzene rings is 1. The second-order valence-electron chi connectivity index (χ2n) is 3.38. The van der Waals surface area contributed by atoms with Crippen LogP contribution >= 0.6 is 0 Å². The van der Waals surface area contributed by atoms with Crippen LogP contribution in [0.5, 0.6) is 0 Å². The fourth-order valence-electron chi connectivity index (χ4n) is 1.46. The monoisotopic (exact) mass is 201 g/mol. The van der Waals surface area contributed by atoms with Crippen LogP contribution in [0.1, 0.15) is 12.8 Å². The Labute approximate surface area is 87.8 Å². The first-order valence-corrected chi connectivity index (χ1v) is 4.82. The smallest absolute Gasteiger partial charge is 0.168 e. The van der Waals surface area contributed by atoms with E-state index in [9.17, 15) is 9.90 Å². The Morgan fingerprint density at radius 1 is 1.20 bits per heavy atom. The second kappa shape index (κ2) is 4.09. The lowest BCUT2D eigenvalue weighted by molar-refractivity contribution is -0.114. The average molecular weight is 201 g/mol. The molecule has 0 fully saturated rings. The average Bonchev–Trinajstić information content (AvgIpc) is 2.58. The lowest BCUT2D eigenvalue weighted by Gasteiger charge is -1.93. The van der Waals surface area contributed by atoms with Crippen LogP contribution in [0.15, 0.2) is 46.7 Å². The molecule has 0 aromatic heterocycles. The molecular weight excluding hydrogens is 190 g/mol. The third-order valence-corrected chi connectivity index (χ3v) is 2.30. The fraction of sp³-hybridized carbons (Fsp3) is 0.167. The van der Waals surface area contributed by atoms with Crippen molar-refractivity contribution in [2.24, 2.45) is 4.99 Å². The number of carbonyl (C=O) groups excluding carboxylic acids is 1. The van der Waals surface area contributed by atoms with Crippen molar-refractivity contribution in [2.45, 2.75) is 12.8 Å². The molecule has 1 aromatic carbocycles. The summed E-state index contributed by atoms with van der Waals surface area (Å²) >= 11 is 0. The second-order valence-corrected chi connectivity index (χ2v) is 3.38. The Balaban J connectivity index is 2.19. The van der Waals surface area contributed by atoms with Crippen molar-refractivity contribution < 1.29 is 9.90 Å². The summed E-state index contributed by atoms with van der Waals surface area (Å²) in [5.74, 6) is 0.117. The first-order valence-electron chi connectivity index (χ1n) is 4.82. The molecule has 1 aromatic rings. The van der Waals surface area contributed by atoms with Gasteiger partial charge in [0.05, 0.1) is 11.3 Å². The minimum atomic E-state index is -0.0350. The number of aliphatic hydroxyl groups is 1. The number of para-hydroxylation sites is 1. The molecule has 0 bridgehead atoms. The van der Waals surface area contributed by atoms with Gasteiger partial charge in [-0.3, -0.25) is 9.79 Å². The van der Waals surface area contributed by atoms with Crippen molar-refractivity contribution in [3.63, 3.8) is 0 Å². The highest BCUT2D eigenvalue weighted by atomic mass is 16.3. The summed E-state index contributed by atoms with van der Waals surface area (Å²) in [4.78, 5) is 15.4. The molecule has 0 saturated carbocycles. The van der Waals surface area contributed by atoms with E-state index in [0.29, 0.717) is 18.4 Å². The largest absolute Gasteiger partial charge is 0.511 e. The maximum absolute atomic E-state index is 11.3. The van der Waals surface area contributed by atoms with Gasteiger partial charge in [0.2, 0.25) is 0 Å². The van der Waals surface area contributed by atoms with Crippen LogP contribution in [0, 0.1) is 0 Å². The summed E-state index contributed by atoms with van der Waals surface area (Å²) in [6.45, 7) is 0. The summed E-state index contributed by atoms with van der Waals surface area (Å²) < 4.78 is 0. The third-order valence-electron chi connectivity index (χ3n) is 2.30. The molecular formula is C12H11NO2. The summed E-state index contributed by atoms with van der Waals surface area (Å²) in [7, 11) is 0. The van der Waals surface area contributed by atoms with Crippen molar-refractivity contribution in [2.75, 3.05) is 0 Å². The van der Waals surface area contributed by atoms with Crippen molar-refractivity contribution in [1.29, 1.82) is 0 Å². The summed E-state index contributed by atoms with van der Waals surface area (Å²) in [5.41, 5.74) is 1.12. The van der Waals surface area contributed by atoms with E-state index in [4.69, 9.17) is 0 Å². The zero-order valence-corrected chi connectivity index (χ0v) is 8.18. The van der Waals surface area contributed by atoms with E-state index in [1.807, 2.05) is 30.3 Å². The maximum atomic E-state index is 11.3. The van der Waals surface area contributed by atoms with Crippen LogP contribution in [0.2, 0.25) is 0 Å². The zero-order valence-electron chi connectivity index (χ0n) is 8.18. The van der Waals surface area contributed by atoms with E-state index in [2.05, 4.69) is 4.99 Å². The highest BCUT2D eigenvalue weighted by Crippen LogP contribution is 2.20. The van der Waals surface area contributed by atoms with Crippen molar-refractivity contribution >= 4 is 17.7 Å². The van der Waals surface area contributed by atoms with E-state index in [-0.39, 0.29) is 11.5 Å². The Hall–Kier alpha value is -1.90. The van der Waals surface area contributed by atoms with Crippen molar-refractivity contribution in [3.05, 3.63) is 41.7 Å². The molecule has 0 heterocycles. The van der Waals surface area contributed by atoms with Gasteiger partial charge in [-0.25, -0.2) is 0 Å². The molecule has 0 radical (unpaired) electrons. The molecule has 3 heteroatoms. The van der Waals surface area contributed by atoms with Gasteiger partial charge in [0.25, 0.3) is 0 Å². The minimum absolute atomic E-state index is 0.0350. The highest BCUT2D eigenvalue weighted by molar-refractivity contribution is 6.15. The Bertz CT molecular complexity index is 432. The summed E-state index contributed by atoms with van der Waals surface area (Å²) in [6, 6.07) is 9.33. The van der Waals surface area contributed by atoms with Gasteiger partial charge < -0.3 is 5.11 Å². The lowest BCUT2D eigenvalue weighted by atomic mass is 10.2. The maximum Gasteiger partial charge on any atom is 0.168 e. The van der Waals surface area contributed by atoms with Crippen LogP contribution in [-0.2, 0) is 4.79 Å². The topological polar surface area (TPSA) is 49.7 Å². The molecule has 0 aliphatic heterocycles. The molecule has 0 amide bonds. The van der Waals surface area contributed by atoms with Crippen LogP contribution in [0.4, 0.5) is 5.69 Å². The Morgan fingerprint density at radius 2 is 1.93 bits per heavy atom. The molecule has 1 aliphatic carbocycles. The van der Waals surface area contributed by atoms with E-state index >= 15 is 0 Å². The first-order chi connectivity index (χ1) is 7.27. The number of allylic oxidation sites excluding steroid dienone is 2. The van der Waals surface area contributed by atoms with Crippen LogP contribution in [0.25, 0.3) is 0 Å². The van der Waals surface area contributed by atoms with E-state index in [0.717, 1.165) is 5.69 Å². The van der Waals surface area contributed by atoms with Gasteiger partial charge in [-0.1, -0.05) is 18.2 Å². The molecule has 0 spiro atoms. The van der Waals surface area contributed by atoms with Crippen LogP contribution in [-0.4, -0.2) is 17.1 Å². The number of hydrogen-bond acceptors (Lipinski definition) is 3. The van der Waals surface area contributed by atoms with Crippen LogP contribution in [0.3, 0.4) is 0 Å². The van der Waals surface area contributed by atoms with Gasteiger partial charge in [-0.15, -0.1) is 0 Å². The molecule has 0 unspecified atom stereocenters. The number of Topliss-reactive ketones (excluding diaryl/α,β-unsaturated/α-hetero) is 1. The quantitative estimate of drug-likeness (QED) is 0.747. The molecule has 0 atom stereocenters. The van der Waals surface area contributed by atoms with Gasteiger partial charge in [0, 0.05) is 19.1 Å². The van der Waals surface area contributed by atoms with E-state index < -0.39 is 0 Å². The van der Waals surface area contributed by atoms with Crippen LogP contribution < -0.4 is 0 Å². The van der Waals surface area contributed by atoms with Gasteiger partial charge in [-0.05, 0) is 12.1 Å². The highest BCUT2D eigenvalue weighted by Gasteiger charge is 2.20. The number of aliphatic hydroxyl groups excluding tert-OH is 1. The lowest BCUT2D eigenvalue weighted by Crippen LogP contribution is -1.97. The van der Waals surface area contributed by atoms with Gasteiger partial charge in [0.1, 0.15) is 5.76 Å². The predicted octanol–water partition coefficient (Wildman–Crippen LogP) is 2.56. The molecule has 1 N–H and O–H groups in total.